The van der Waals surface area contributed by atoms with Crippen LogP contribution >= 0.6 is 0 Å². The first-order valence-corrected chi connectivity index (χ1v) is 8.74. The van der Waals surface area contributed by atoms with Gasteiger partial charge in [0.25, 0.3) is 0 Å². The molecule has 134 valence electrons. The second-order valence-corrected chi connectivity index (χ2v) is 7.39. The van der Waals surface area contributed by atoms with Crippen molar-refractivity contribution in [3.05, 3.63) is 30.1 Å². The number of hydrogen-bond donors (Lipinski definition) is 1. The maximum atomic E-state index is 12.4. The number of nitrogens with one attached hydrogen (secondary N) is 1. The highest BCUT2D eigenvalue weighted by Gasteiger charge is 2.45. The van der Waals surface area contributed by atoms with Crippen LogP contribution in [0.25, 0.3) is 11.0 Å². The largest absolute Gasteiger partial charge is 0.459 e. The van der Waals surface area contributed by atoms with Gasteiger partial charge >= 0.3 is 5.97 Å². The van der Waals surface area contributed by atoms with E-state index in [1.54, 1.807) is 13.8 Å². The predicted molar refractivity (Wildman–Crippen MR) is 95.1 cm³/mol. The van der Waals surface area contributed by atoms with Crippen LogP contribution in [0.4, 0.5) is 0 Å². The van der Waals surface area contributed by atoms with E-state index in [4.69, 9.17) is 9.72 Å². The number of benzene rings is 1. The van der Waals surface area contributed by atoms with Crippen molar-refractivity contribution in [3.8, 4) is 0 Å². The van der Waals surface area contributed by atoms with E-state index in [1.165, 1.54) is 0 Å². The van der Waals surface area contributed by atoms with Gasteiger partial charge in [-0.2, -0.15) is 0 Å². The predicted octanol–water partition coefficient (Wildman–Crippen LogP) is 2.62. The van der Waals surface area contributed by atoms with Gasteiger partial charge in [-0.1, -0.05) is 26.0 Å². The Kier molecular flexibility index (Phi) is 4.54. The molecule has 1 N–H and O–H groups in total. The maximum absolute atomic E-state index is 12.4. The molecule has 0 unspecified atom stereocenters. The highest BCUT2D eigenvalue weighted by atomic mass is 16.6. The van der Waals surface area contributed by atoms with Crippen LogP contribution in [0.1, 0.15) is 45.9 Å². The molecule has 0 saturated carbocycles. The molecule has 6 heteroatoms. The average Bonchev–Trinajstić information content (AvgIpc) is 3.04. The number of amides is 1. The third kappa shape index (κ3) is 3.38. The van der Waals surface area contributed by atoms with Gasteiger partial charge in [0.15, 0.2) is 0 Å². The number of imidazole rings is 1. The Hall–Kier alpha value is -2.37. The van der Waals surface area contributed by atoms with Crippen molar-refractivity contribution in [3.63, 3.8) is 0 Å². The molecule has 3 rings (SSSR count). The van der Waals surface area contributed by atoms with Crippen molar-refractivity contribution in [1.82, 2.24) is 14.9 Å². The van der Waals surface area contributed by atoms with Gasteiger partial charge in [-0.15, -0.1) is 0 Å². The van der Waals surface area contributed by atoms with E-state index >= 15 is 0 Å². The molecule has 2 heterocycles. The maximum Gasteiger partial charge on any atom is 0.307 e. The summed E-state index contributed by atoms with van der Waals surface area (Å²) in [5.74, 6) is 0.418. The van der Waals surface area contributed by atoms with E-state index in [1.807, 2.05) is 24.3 Å². The highest BCUT2D eigenvalue weighted by molar-refractivity contribution is 5.87. The zero-order valence-electron chi connectivity index (χ0n) is 15.2. The number of nitrogens with zero attached hydrogens (tertiary/aromatic N) is 2. The normalized spacial score (nSPS) is 19.4. The standard InChI is InChI=1S/C19H25N3O3/c1-12(2)17-21-14-7-5-6-8-15(14)22(17)10-9-20-18(24)13-11-16(23)25-19(13,3)4/h5-8,12-13H,9-11H2,1-4H3,(H,20,24)/t13-/m0/s1. The van der Waals surface area contributed by atoms with Crippen molar-refractivity contribution >= 4 is 22.9 Å². The molecule has 25 heavy (non-hydrogen) atoms. The van der Waals surface area contributed by atoms with Crippen LogP contribution in [-0.2, 0) is 20.9 Å². The van der Waals surface area contributed by atoms with Gasteiger partial charge in [-0.05, 0) is 26.0 Å². The van der Waals surface area contributed by atoms with Gasteiger partial charge in [0.2, 0.25) is 5.91 Å². The third-order valence-electron chi connectivity index (χ3n) is 4.74. The lowest BCUT2D eigenvalue weighted by Gasteiger charge is -2.23. The Morgan fingerprint density at radius 1 is 1.40 bits per heavy atom. The van der Waals surface area contributed by atoms with Crippen LogP contribution in [0.3, 0.4) is 0 Å². The number of aromatic nitrogens is 2. The van der Waals surface area contributed by atoms with Crippen LogP contribution in [0.15, 0.2) is 24.3 Å². The van der Waals surface area contributed by atoms with E-state index in [9.17, 15) is 9.59 Å². The van der Waals surface area contributed by atoms with Crippen LogP contribution in [0.5, 0.6) is 0 Å². The van der Waals surface area contributed by atoms with Gasteiger partial charge < -0.3 is 14.6 Å². The second kappa shape index (κ2) is 6.50. The summed E-state index contributed by atoms with van der Waals surface area (Å²) >= 11 is 0. The van der Waals surface area contributed by atoms with E-state index < -0.39 is 11.5 Å². The van der Waals surface area contributed by atoms with E-state index in [-0.39, 0.29) is 18.3 Å². The number of hydrogen-bond acceptors (Lipinski definition) is 4. The Balaban J connectivity index is 1.70. The topological polar surface area (TPSA) is 73.2 Å². The molecule has 0 bridgehead atoms. The number of carbonyl (C=O) groups is 2. The molecular formula is C19H25N3O3. The number of carbonyl (C=O) groups excluding carboxylic acids is 2. The molecule has 6 nitrogen and oxygen atoms in total. The lowest BCUT2D eigenvalue weighted by atomic mass is 9.90. The molecule has 1 aromatic carbocycles. The summed E-state index contributed by atoms with van der Waals surface area (Å²) in [6.45, 7) is 8.91. The van der Waals surface area contributed by atoms with Gasteiger partial charge in [0.1, 0.15) is 11.4 Å². The summed E-state index contributed by atoms with van der Waals surface area (Å²) < 4.78 is 7.38. The van der Waals surface area contributed by atoms with Gasteiger partial charge in [-0.3, -0.25) is 9.59 Å². The number of cyclic esters (lactones) is 1. The summed E-state index contributed by atoms with van der Waals surface area (Å²) in [4.78, 5) is 28.6. The van der Waals surface area contributed by atoms with Crippen LogP contribution in [0, 0.1) is 5.92 Å². The molecule has 1 amide bonds. The minimum Gasteiger partial charge on any atom is -0.459 e. The number of ether oxygens (including phenoxy) is 1. The lowest BCUT2D eigenvalue weighted by molar-refractivity contribution is -0.147. The van der Waals surface area contributed by atoms with Crippen molar-refractivity contribution in [2.24, 2.45) is 5.92 Å². The van der Waals surface area contributed by atoms with Crippen molar-refractivity contribution < 1.29 is 14.3 Å². The minimum atomic E-state index is -0.744. The zero-order chi connectivity index (χ0) is 18.2. The molecule has 1 atom stereocenters. The number of rotatable bonds is 5. The van der Waals surface area contributed by atoms with Gasteiger partial charge in [-0.25, -0.2) is 4.98 Å². The SMILES string of the molecule is CC(C)c1nc2ccccc2n1CCNC(=O)[C@@H]1CC(=O)OC1(C)C. The third-order valence-corrected chi connectivity index (χ3v) is 4.74. The highest BCUT2D eigenvalue weighted by Crippen LogP contribution is 2.32. The summed E-state index contributed by atoms with van der Waals surface area (Å²) in [7, 11) is 0. The Bertz CT molecular complexity index is 807. The molecule has 1 aromatic heterocycles. The number of fused-ring (bicyclic) bond motifs is 1. The molecular weight excluding hydrogens is 318 g/mol. The summed E-state index contributed by atoms with van der Waals surface area (Å²) in [6, 6.07) is 8.01. The van der Waals surface area contributed by atoms with Gasteiger partial charge in [0.05, 0.1) is 23.4 Å². The van der Waals surface area contributed by atoms with Crippen molar-refractivity contribution in [1.29, 1.82) is 0 Å². The van der Waals surface area contributed by atoms with Crippen LogP contribution < -0.4 is 5.32 Å². The van der Waals surface area contributed by atoms with Crippen LogP contribution in [0.2, 0.25) is 0 Å². The van der Waals surface area contributed by atoms with Gasteiger partial charge in [0, 0.05) is 19.0 Å². The first-order valence-electron chi connectivity index (χ1n) is 8.74. The van der Waals surface area contributed by atoms with Crippen molar-refractivity contribution in [2.45, 2.75) is 52.2 Å². The van der Waals surface area contributed by atoms with Crippen molar-refractivity contribution in [2.75, 3.05) is 6.54 Å². The zero-order valence-corrected chi connectivity index (χ0v) is 15.2. The number of esters is 1. The quantitative estimate of drug-likeness (QED) is 0.847. The molecule has 1 fully saturated rings. The average molecular weight is 343 g/mol. The Morgan fingerprint density at radius 3 is 2.76 bits per heavy atom. The Morgan fingerprint density at radius 2 is 2.12 bits per heavy atom. The summed E-state index contributed by atoms with van der Waals surface area (Å²) in [6.07, 6.45) is 0.143. The van der Waals surface area contributed by atoms with E-state index in [0.717, 1.165) is 16.9 Å². The first-order chi connectivity index (χ1) is 11.8. The fourth-order valence-electron chi connectivity index (χ4n) is 3.41. The minimum absolute atomic E-state index is 0.133. The summed E-state index contributed by atoms with van der Waals surface area (Å²) in [5, 5.41) is 2.95. The van der Waals surface area contributed by atoms with E-state index in [2.05, 4.69) is 23.7 Å². The molecule has 1 saturated heterocycles. The molecule has 0 radical (unpaired) electrons. The second-order valence-electron chi connectivity index (χ2n) is 7.39. The Labute approximate surface area is 147 Å². The lowest BCUT2D eigenvalue weighted by Crippen LogP contribution is -2.41. The number of para-hydroxylation sites is 2. The smallest absolute Gasteiger partial charge is 0.307 e. The molecule has 1 aliphatic heterocycles. The molecule has 0 spiro atoms. The molecule has 1 aliphatic rings. The first kappa shape index (κ1) is 17.5. The fourth-order valence-corrected chi connectivity index (χ4v) is 3.41. The molecule has 0 aliphatic carbocycles. The monoisotopic (exact) mass is 343 g/mol. The summed E-state index contributed by atoms with van der Waals surface area (Å²) in [5.41, 5.74) is 1.29. The fraction of sp³-hybridized carbons (Fsp3) is 0.526. The van der Waals surface area contributed by atoms with E-state index in [0.29, 0.717) is 19.0 Å². The van der Waals surface area contributed by atoms with Crippen LogP contribution in [-0.4, -0.2) is 33.6 Å². The molecule has 2 aromatic rings.